The molecular weight excluding hydrogens is 483 g/mol. The Labute approximate surface area is 206 Å². The summed E-state index contributed by atoms with van der Waals surface area (Å²) in [4.78, 5) is 13.6. The van der Waals surface area contributed by atoms with E-state index in [9.17, 15) is 13.2 Å². The van der Waals surface area contributed by atoms with Gasteiger partial charge in [-0.15, -0.1) is 0 Å². The van der Waals surface area contributed by atoms with Crippen molar-refractivity contribution in [2.75, 3.05) is 19.6 Å². The average molecular weight is 513 g/mol. The van der Waals surface area contributed by atoms with Gasteiger partial charge in [-0.1, -0.05) is 35.3 Å². The lowest BCUT2D eigenvalue weighted by atomic mass is 10.1. The Balaban J connectivity index is 1.66. The molecule has 0 aromatic heterocycles. The largest absolute Gasteiger partial charge is 0.481 e. The van der Waals surface area contributed by atoms with Gasteiger partial charge in [0.2, 0.25) is 10.0 Å². The quantitative estimate of drug-likeness (QED) is 0.556. The summed E-state index contributed by atoms with van der Waals surface area (Å²) in [6.45, 7) is 7.77. The summed E-state index contributed by atoms with van der Waals surface area (Å²) in [5.41, 5.74) is 2.41. The third-order valence-electron chi connectivity index (χ3n) is 6.08. The molecule has 0 unspecified atom stereocenters. The zero-order valence-electron chi connectivity index (χ0n) is 19.1. The number of carboxylic acid groups (broad SMARTS) is 1. The van der Waals surface area contributed by atoms with E-state index in [0.29, 0.717) is 28.7 Å². The average Bonchev–Trinajstić information content (AvgIpc) is 2.71. The second-order valence-electron chi connectivity index (χ2n) is 8.80. The van der Waals surface area contributed by atoms with Crippen molar-refractivity contribution in [1.82, 2.24) is 9.21 Å². The number of carbonyl (C=O) groups is 1. The van der Waals surface area contributed by atoms with Gasteiger partial charge in [-0.25, -0.2) is 8.42 Å². The first-order chi connectivity index (χ1) is 15.5. The van der Waals surface area contributed by atoms with Gasteiger partial charge >= 0.3 is 5.97 Å². The van der Waals surface area contributed by atoms with Crippen LogP contribution in [0.3, 0.4) is 0 Å². The lowest BCUT2D eigenvalue weighted by Crippen LogP contribution is -2.58. The minimum atomic E-state index is -3.74. The first kappa shape index (κ1) is 26.0. The molecule has 2 atom stereocenters. The highest BCUT2D eigenvalue weighted by Crippen LogP contribution is 2.27. The van der Waals surface area contributed by atoms with Crippen molar-refractivity contribution in [3.63, 3.8) is 0 Å². The number of hydrogen-bond donors (Lipinski definition) is 1. The monoisotopic (exact) mass is 512 g/mol. The topological polar surface area (TPSA) is 77.9 Å². The van der Waals surface area contributed by atoms with E-state index >= 15 is 0 Å². The molecule has 0 amide bonds. The summed E-state index contributed by atoms with van der Waals surface area (Å²) in [6.07, 6.45) is 1.60. The lowest BCUT2D eigenvalue weighted by Gasteiger charge is -2.43. The number of nitrogens with zero attached hydrogens (tertiary/aromatic N) is 2. The van der Waals surface area contributed by atoms with Crippen molar-refractivity contribution >= 4 is 39.2 Å². The number of rotatable bonds is 8. The van der Waals surface area contributed by atoms with E-state index in [1.807, 2.05) is 26.0 Å². The lowest BCUT2D eigenvalue weighted by molar-refractivity contribution is -0.136. The number of aliphatic carboxylic acids is 1. The number of benzene rings is 2. The fraction of sp³-hybridized carbons (Fsp3) is 0.458. The summed E-state index contributed by atoms with van der Waals surface area (Å²) in [7, 11) is -3.74. The number of aryl methyl sites for hydroxylation is 2. The molecule has 0 spiro atoms. The van der Waals surface area contributed by atoms with Crippen molar-refractivity contribution in [2.45, 2.75) is 57.0 Å². The molecule has 6 nitrogen and oxygen atoms in total. The molecule has 33 heavy (non-hydrogen) atoms. The van der Waals surface area contributed by atoms with Gasteiger partial charge in [0.05, 0.1) is 21.4 Å². The number of piperazine rings is 1. The number of sulfonamides is 1. The van der Waals surface area contributed by atoms with Crippen LogP contribution in [0.25, 0.3) is 0 Å². The molecule has 1 N–H and O–H groups in total. The van der Waals surface area contributed by atoms with Crippen LogP contribution in [0.1, 0.15) is 37.0 Å². The number of hydrogen-bond acceptors (Lipinski definition) is 4. The molecule has 0 saturated carbocycles. The van der Waals surface area contributed by atoms with E-state index in [1.54, 1.807) is 29.4 Å². The van der Waals surface area contributed by atoms with E-state index in [1.165, 1.54) is 6.07 Å². The zero-order chi connectivity index (χ0) is 24.3. The van der Waals surface area contributed by atoms with Crippen molar-refractivity contribution in [3.05, 3.63) is 63.1 Å². The van der Waals surface area contributed by atoms with Crippen LogP contribution in [-0.4, -0.2) is 60.4 Å². The Hall–Kier alpha value is -1.64. The Bertz CT molecular complexity index is 1110. The van der Waals surface area contributed by atoms with Gasteiger partial charge in [0.15, 0.2) is 0 Å². The van der Waals surface area contributed by atoms with Crippen LogP contribution in [0.2, 0.25) is 10.0 Å². The van der Waals surface area contributed by atoms with Crippen LogP contribution in [0.4, 0.5) is 0 Å². The van der Waals surface area contributed by atoms with Gasteiger partial charge in [0.1, 0.15) is 0 Å². The molecule has 1 fully saturated rings. The van der Waals surface area contributed by atoms with Crippen LogP contribution in [0.5, 0.6) is 0 Å². The molecule has 1 saturated heterocycles. The summed E-state index contributed by atoms with van der Waals surface area (Å²) < 4.78 is 28.5. The van der Waals surface area contributed by atoms with Gasteiger partial charge in [-0.3, -0.25) is 4.79 Å². The van der Waals surface area contributed by atoms with Gasteiger partial charge < -0.3 is 10.0 Å². The predicted molar refractivity (Wildman–Crippen MR) is 132 cm³/mol. The van der Waals surface area contributed by atoms with Gasteiger partial charge in [-0.05, 0) is 81.1 Å². The zero-order valence-corrected chi connectivity index (χ0v) is 21.4. The van der Waals surface area contributed by atoms with E-state index in [-0.39, 0.29) is 23.4 Å². The Morgan fingerprint density at radius 1 is 1.06 bits per heavy atom. The third kappa shape index (κ3) is 6.28. The molecule has 3 rings (SSSR count). The standard InChI is InChI=1S/C24H30Cl2N2O4S/c1-16-6-8-21(12-20(16)13-24(29)30)33(31,32)28-17(2)14-27(15-18(28)3)10-4-5-19-7-9-22(25)23(26)11-19/h6-9,11-12,17-18H,4-5,10,13-15H2,1-3H3,(H,29,30)/t17-,18+. The summed E-state index contributed by atoms with van der Waals surface area (Å²) in [5, 5.41) is 10.2. The first-order valence-electron chi connectivity index (χ1n) is 11.0. The normalized spacial score (nSPS) is 20.2. The van der Waals surface area contributed by atoms with E-state index < -0.39 is 16.0 Å². The smallest absolute Gasteiger partial charge is 0.307 e. The van der Waals surface area contributed by atoms with Gasteiger partial charge in [0.25, 0.3) is 0 Å². The van der Waals surface area contributed by atoms with Crippen LogP contribution in [0, 0.1) is 6.92 Å². The molecule has 1 aliphatic rings. The van der Waals surface area contributed by atoms with E-state index in [2.05, 4.69) is 4.90 Å². The highest BCUT2D eigenvalue weighted by molar-refractivity contribution is 7.89. The van der Waals surface area contributed by atoms with Crippen LogP contribution >= 0.6 is 23.2 Å². The highest BCUT2D eigenvalue weighted by Gasteiger charge is 2.38. The van der Waals surface area contributed by atoms with Crippen molar-refractivity contribution in [2.24, 2.45) is 0 Å². The number of carboxylic acids is 1. The molecule has 1 heterocycles. The first-order valence-corrected chi connectivity index (χ1v) is 13.2. The molecule has 0 bridgehead atoms. The molecule has 2 aromatic rings. The van der Waals surface area contributed by atoms with Gasteiger partial charge in [0, 0.05) is 25.2 Å². The Morgan fingerprint density at radius 3 is 2.33 bits per heavy atom. The SMILES string of the molecule is Cc1ccc(S(=O)(=O)N2[C@H](C)CN(CCCc3ccc(Cl)c(Cl)c3)C[C@@H]2C)cc1CC(=O)O. The maximum absolute atomic E-state index is 13.5. The van der Waals surface area contributed by atoms with Crippen LogP contribution < -0.4 is 0 Å². The third-order valence-corrected chi connectivity index (χ3v) is 8.94. The molecule has 0 aliphatic carbocycles. The van der Waals surface area contributed by atoms with Crippen molar-refractivity contribution in [1.29, 1.82) is 0 Å². The Morgan fingerprint density at radius 2 is 1.73 bits per heavy atom. The Kier molecular flexibility index (Phi) is 8.45. The molecule has 2 aromatic carbocycles. The van der Waals surface area contributed by atoms with Crippen LogP contribution in [-0.2, 0) is 27.7 Å². The van der Waals surface area contributed by atoms with Crippen molar-refractivity contribution in [3.8, 4) is 0 Å². The molecule has 1 aliphatic heterocycles. The second-order valence-corrected chi connectivity index (χ2v) is 11.5. The van der Waals surface area contributed by atoms with E-state index in [0.717, 1.165) is 30.5 Å². The highest BCUT2D eigenvalue weighted by atomic mass is 35.5. The van der Waals surface area contributed by atoms with Crippen LogP contribution in [0.15, 0.2) is 41.3 Å². The van der Waals surface area contributed by atoms with Crippen molar-refractivity contribution < 1.29 is 18.3 Å². The predicted octanol–water partition coefficient (Wildman–Crippen LogP) is 4.65. The molecule has 9 heteroatoms. The molecular formula is C24H30Cl2N2O4S. The fourth-order valence-corrected chi connectivity index (χ4v) is 6.74. The summed E-state index contributed by atoms with van der Waals surface area (Å²) >= 11 is 12.1. The fourth-order valence-electron chi connectivity index (χ4n) is 4.56. The molecule has 0 radical (unpaired) electrons. The second kappa shape index (κ2) is 10.7. The minimum absolute atomic E-state index is 0.149. The molecule has 180 valence electrons. The van der Waals surface area contributed by atoms with Gasteiger partial charge in [-0.2, -0.15) is 4.31 Å². The number of halogens is 2. The maximum Gasteiger partial charge on any atom is 0.307 e. The summed E-state index contributed by atoms with van der Waals surface area (Å²) in [6, 6.07) is 10.0. The maximum atomic E-state index is 13.5. The van der Waals surface area contributed by atoms with E-state index in [4.69, 9.17) is 28.3 Å². The summed E-state index contributed by atoms with van der Waals surface area (Å²) in [5.74, 6) is -0.983. The minimum Gasteiger partial charge on any atom is -0.481 e.